The molecular formula is C27H20N4O3S. The minimum Gasteiger partial charge on any atom is -0.452 e. The molecule has 0 unspecified atom stereocenters. The van der Waals surface area contributed by atoms with Crippen molar-refractivity contribution in [1.82, 2.24) is 10.3 Å². The lowest BCUT2D eigenvalue weighted by atomic mass is 10.0. The zero-order chi connectivity index (χ0) is 24.0. The van der Waals surface area contributed by atoms with E-state index in [1.54, 1.807) is 6.07 Å². The number of amidine groups is 1. The Morgan fingerprint density at radius 2 is 1.54 bits per heavy atom. The van der Waals surface area contributed by atoms with Crippen LogP contribution in [0.5, 0.6) is 0 Å². The van der Waals surface area contributed by atoms with Crippen molar-refractivity contribution in [2.24, 2.45) is 10.2 Å². The van der Waals surface area contributed by atoms with Gasteiger partial charge in [-0.25, -0.2) is 9.78 Å². The molecule has 0 saturated carbocycles. The first-order valence-electron chi connectivity index (χ1n) is 10.9. The number of para-hydroxylation sites is 1. The summed E-state index contributed by atoms with van der Waals surface area (Å²) in [5.41, 5.74) is 4.38. The van der Waals surface area contributed by atoms with Crippen molar-refractivity contribution in [2.45, 2.75) is 0 Å². The molecule has 1 aromatic heterocycles. The van der Waals surface area contributed by atoms with E-state index in [9.17, 15) is 9.59 Å². The molecule has 1 aliphatic heterocycles. The maximum Gasteiger partial charge on any atom is 0.339 e. The molecule has 0 aliphatic carbocycles. The number of rotatable bonds is 5. The maximum absolute atomic E-state index is 13.0. The minimum absolute atomic E-state index is 0.351. The Morgan fingerprint density at radius 3 is 2.26 bits per heavy atom. The number of pyridine rings is 1. The summed E-state index contributed by atoms with van der Waals surface area (Å²) in [6.45, 7) is -0.439. The molecule has 0 saturated heterocycles. The standard InChI is InChI=1S/C27H20N4O3S/c32-25(29-27-31-30-24(17-35-27)19-11-5-2-6-12-19)16-34-26(33)21-15-23(18-9-3-1-4-10-18)28-22-14-8-7-13-20(21)22/h1-15H,16-17H2,(H,29,31,32). The number of fused-ring (bicyclic) bond motifs is 1. The first-order valence-corrected chi connectivity index (χ1v) is 11.9. The Bertz CT molecular complexity index is 1450. The van der Waals surface area contributed by atoms with E-state index in [0.29, 0.717) is 33.1 Å². The van der Waals surface area contributed by atoms with E-state index in [1.807, 2.05) is 84.9 Å². The molecule has 4 aromatic rings. The summed E-state index contributed by atoms with van der Waals surface area (Å²) in [6.07, 6.45) is 0. The van der Waals surface area contributed by atoms with Crippen LogP contribution >= 0.6 is 11.8 Å². The molecule has 7 nitrogen and oxygen atoms in total. The normalized spacial score (nSPS) is 13.0. The van der Waals surface area contributed by atoms with E-state index in [1.165, 1.54) is 11.8 Å². The van der Waals surface area contributed by atoms with E-state index < -0.39 is 18.5 Å². The number of thioether (sulfide) groups is 1. The lowest BCUT2D eigenvalue weighted by Gasteiger charge is -2.13. The zero-order valence-corrected chi connectivity index (χ0v) is 19.4. The molecule has 172 valence electrons. The van der Waals surface area contributed by atoms with Gasteiger partial charge in [0.25, 0.3) is 5.91 Å². The van der Waals surface area contributed by atoms with Gasteiger partial charge in [-0.3, -0.25) is 4.79 Å². The van der Waals surface area contributed by atoms with Crippen LogP contribution in [0.25, 0.3) is 22.2 Å². The van der Waals surface area contributed by atoms with Gasteiger partial charge < -0.3 is 10.1 Å². The van der Waals surface area contributed by atoms with Gasteiger partial charge >= 0.3 is 5.97 Å². The van der Waals surface area contributed by atoms with E-state index in [-0.39, 0.29) is 0 Å². The van der Waals surface area contributed by atoms with Gasteiger partial charge in [-0.2, -0.15) is 5.10 Å². The Hall–Kier alpha value is -4.30. The third kappa shape index (κ3) is 5.28. The number of carbonyl (C=O) groups is 2. The molecule has 0 fully saturated rings. The molecule has 1 amide bonds. The van der Waals surface area contributed by atoms with Crippen molar-refractivity contribution in [3.8, 4) is 11.3 Å². The van der Waals surface area contributed by atoms with E-state index in [4.69, 9.17) is 4.74 Å². The van der Waals surface area contributed by atoms with E-state index in [2.05, 4.69) is 20.5 Å². The number of carbonyl (C=O) groups excluding carboxylic acids is 2. The molecule has 0 bridgehead atoms. The second-order valence-corrected chi connectivity index (χ2v) is 8.63. The lowest BCUT2D eigenvalue weighted by molar-refractivity contribution is -0.122. The number of hydrogen-bond acceptors (Lipinski definition) is 7. The molecule has 35 heavy (non-hydrogen) atoms. The zero-order valence-electron chi connectivity index (χ0n) is 18.5. The van der Waals surface area contributed by atoms with Gasteiger partial charge in [0.15, 0.2) is 11.8 Å². The van der Waals surface area contributed by atoms with Crippen molar-refractivity contribution in [1.29, 1.82) is 0 Å². The van der Waals surface area contributed by atoms with Gasteiger partial charge in [0, 0.05) is 16.7 Å². The number of amides is 1. The summed E-state index contributed by atoms with van der Waals surface area (Å²) in [7, 11) is 0. The highest BCUT2D eigenvalue weighted by Crippen LogP contribution is 2.25. The largest absolute Gasteiger partial charge is 0.452 e. The highest BCUT2D eigenvalue weighted by molar-refractivity contribution is 8.14. The van der Waals surface area contributed by atoms with Crippen molar-refractivity contribution in [3.05, 3.63) is 102 Å². The Morgan fingerprint density at radius 1 is 0.857 bits per heavy atom. The van der Waals surface area contributed by atoms with Crippen LogP contribution in [0.15, 0.2) is 101 Å². The quantitative estimate of drug-likeness (QED) is 0.419. The van der Waals surface area contributed by atoms with E-state index >= 15 is 0 Å². The molecule has 2 heterocycles. The molecule has 0 atom stereocenters. The number of hydrogen-bond donors (Lipinski definition) is 1. The topological polar surface area (TPSA) is 93.0 Å². The predicted octanol–water partition coefficient (Wildman–Crippen LogP) is 4.68. The van der Waals surface area contributed by atoms with Crippen LogP contribution in [0.1, 0.15) is 15.9 Å². The van der Waals surface area contributed by atoms with Gasteiger partial charge in [-0.05, 0) is 17.7 Å². The molecule has 8 heteroatoms. The third-order valence-corrected chi connectivity index (χ3v) is 6.18. The predicted molar refractivity (Wildman–Crippen MR) is 138 cm³/mol. The smallest absolute Gasteiger partial charge is 0.339 e. The summed E-state index contributed by atoms with van der Waals surface area (Å²) in [6, 6.07) is 28.4. The Kier molecular flexibility index (Phi) is 6.63. The van der Waals surface area contributed by atoms with Crippen molar-refractivity contribution in [3.63, 3.8) is 0 Å². The summed E-state index contributed by atoms with van der Waals surface area (Å²) in [4.78, 5) is 30.0. The van der Waals surface area contributed by atoms with Crippen LogP contribution in [0, 0.1) is 0 Å². The molecule has 1 aliphatic rings. The fraction of sp³-hybridized carbons (Fsp3) is 0.0741. The first-order chi connectivity index (χ1) is 17.2. The summed E-state index contributed by atoms with van der Waals surface area (Å²) < 4.78 is 5.34. The summed E-state index contributed by atoms with van der Waals surface area (Å²) in [5, 5.41) is 12.0. The average molecular weight is 481 g/mol. The van der Waals surface area contributed by atoms with Gasteiger partial charge in [-0.15, -0.1) is 5.10 Å². The monoisotopic (exact) mass is 480 g/mol. The molecular weight excluding hydrogens is 460 g/mol. The van der Waals surface area contributed by atoms with Gasteiger partial charge in [0.05, 0.1) is 22.5 Å². The van der Waals surface area contributed by atoms with Crippen LogP contribution in [0.3, 0.4) is 0 Å². The lowest BCUT2D eigenvalue weighted by Crippen LogP contribution is -2.34. The second-order valence-electron chi connectivity index (χ2n) is 7.67. The van der Waals surface area contributed by atoms with Crippen LogP contribution in [-0.4, -0.2) is 40.1 Å². The molecule has 0 radical (unpaired) electrons. The highest BCUT2D eigenvalue weighted by Gasteiger charge is 2.18. The van der Waals surface area contributed by atoms with Crippen LogP contribution in [-0.2, 0) is 9.53 Å². The number of nitrogens with zero attached hydrogens (tertiary/aromatic N) is 3. The van der Waals surface area contributed by atoms with Crippen LogP contribution < -0.4 is 5.32 Å². The van der Waals surface area contributed by atoms with Gasteiger partial charge in [-0.1, -0.05) is 90.6 Å². The highest BCUT2D eigenvalue weighted by atomic mass is 32.2. The maximum atomic E-state index is 13.0. The number of ether oxygens (including phenoxy) is 1. The van der Waals surface area contributed by atoms with Crippen molar-refractivity contribution in [2.75, 3.05) is 12.4 Å². The second kappa shape index (κ2) is 10.3. The van der Waals surface area contributed by atoms with E-state index in [0.717, 1.165) is 16.8 Å². The number of aromatic nitrogens is 1. The molecule has 0 spiro atoms. The van der Waals surface area contributed by atoms with Gasteiger partial charge in [0.1, 0.15) is 0 Å². The number of benzene rings is 3. The third-order valence-electron chi connectivity index (χ3n) is 5.30. The number of nitrogens with one attached hydrogen (secondary N) is 1. The van der Waals surface area contributed by atoms with Crippen LogP contribution in [0.4, 0.5) is 0 Å². The van der Waals surface area contributed by atoms with Gasteiger partial charge in [0.2, 0.25) is 0 Å². The first kappa shape index (κ1) is 22.5. The number of esters is 1. The molecule has 5 rings (SSSR count). The molecule has 1 N–H and O–H groups in total. The fourth-order valence-corrected chi connectivity index (χ4v) is 4.38. The summed E-state index contributed by atoms with van der Waals surface area (Å²) >= 11 is 1.37. The SMILES string of the molecule is O=C(COC(=O)c1cc(-c2ccccc2)nc2ccccc12)NC1=NN=C(c2ccccc2)CS1. The van der Waals surface area contributed by atoms with Crippen LogP contribution in [0.2, 0.25) is 0 Å². The van der Waals surface area contributed by atoms with Crippen molar-refractivity contribution < 1.29 is 14.3 Å². The van der Waals surface area contributed by atoms with Crippen molar-refractivity contribution >= 4 is 45.4 Å². The Balaban J connectivity index is 1.27. The average Bonchev–Trinajstić information content (AvgIpc) is 2.92. The summed E-state index contributed by atoms with van der Waals surface area (Å²) in [5.74, 6) is -0.503. The molecule has 3 aromatic carbocycles. The minimum atomic E-state index is -0.599. The fourth-order valence-electron chi connectivity index (χ4n) is 3.60. The Labute approximate surface area is 206 Å².